The molecule has 2 unspecified atom stereocenters. The van der Waals surface area contributed by atoms with Crippen LogP contribution in [0.15, 0.2) is 93.9 Å². The monoisotopic (exact) mass is 711 g/mol. The molecule has 0 fully saturated rings. The van der Waals surface area contributed by atoms with Crippen molar-refractivity contribution in [3.05, 3.63) is 105 Å². The summed E-state index contributed by atoms with van der Waals surface area (Å²) in [5.41, 5.74) is 3.97. The van der Waals surface area contributed by atoms with Crippen molar-refractivity contribution in [1.82, 2.24) is 25.5 Å². The lowest BCUT2D eigenvalue weighted by Gasteiger charge is -2.35. The highest BCUT2D eigenvalue weighted by atomic mass is 79.9. The highest BCUT2D eigenvalue weighted by molar-refractivity contribution is 9.10. The summed E-state index contributed by atoms with van der Waals surface area (Å²) in [7, 11) is 1.92. The molecule has 6 rings (SSSR count). The van der Waals surface area contributed by atoms with E-state index in [9.17, 15) is 9.59 Å². The summed E-state index contributed by atoms with van der Waals surface area (Å²) in [6.07, 6.45) is 0.627. The number of halogens is 2. The van der Waals surface area contributed by atoms with E-state index >= 15 is 0 Å². The summed E-state index contributed by atoms with van der Waals surface area (Å²) >= 11 is 7.04. The van der Waals surface area contributed by atoms with Gasteiger partial charge in [-0.1, -0.05) is 70.0 Å². The zero-order valence-corrected chi connectivity index (χ0v) is 27.7. The molecule has 0 spiro atoms. The van der Waals surface area contributed by atoms with Crippen LogP contribution in [0.3, 0.4) is 0 Å². The number of hydrogen-bond acceptors (Lipinski definition) is 5. The Bertz CT molecular complexity index is 1920. The molecule has 0 saturated carbocycles. The fraction of sp³-hybridized carbons (Fsp3) is 0.200. The van der Waals surface area contributed by atoms with Gasteiger partial charge in [0.15, 0.2) is 0 Å². The maximum atomic E-state index is 13.7. The minimum atomic E-state index is -0.326. The summed E-state index contributed by atoms with van der Waals surface area (Å²) in [5.74, 6) is -0.424. The third-order valence-electron chi connectivity index (χ3n) is 8.04. The molecule has 4 aromatic carbocycles. The first-order valence-corrected chi connectivity index (χ1v) is 16.2. The molecule has 0 aliphatic heterocycles. The normalized spacial score (nSPS) is 13.0. The first-order valence-electron chi connectivity index (χ1n) is 14.6. The van der Waals surface area contributed by atoms with Crippen LogP contribution < -0.4 is 10.6 Å². The van der Waals surface area contributed by atoms with E-state index in [1.54, 1.807) is 12.1 Å². The second-order valence-corrected chi connectivity index (χ2v) is 12.7. The largest absolute Gasteiger partial charge is 0.336 e. The second-order valence-electron chi connectivity index (χ2n) is 10.9. The van der Waals surface area contributed by atoms with Gasteiger partial charge in [-0.25, -0.2) is 9.97 Å². The lowest BCUT2D eigenvalue weighted by atomic mass is 10.1. The highest BCUT2D eigenvalue weighted by Gasteiger charge is 2.26. The average molecular weight is 713 g/mol. The van der Waals surface area contributed by atoms with Crippen LogP contribution in [0.1, 0.15) is 47.4 Å². The topological polar surface area (TPSA) is 87.2 Å². The quantitative estimate of drug-likeness (QED) is 0.123. The SMILES string of the molecule is CCC(NC(=O)c1cccc2cc3cc(Br)ccc3nc12)N(C)C(CC)NC(=O)c1cccc2cc3cc(Br)ccc3nc12. The Morgan fingerprint density at radius 2 is 1.09 bits per heavy atom. The molecule has 0 radical (unpaired) electrons. The van der Waals surface area contributed by atoms with E-state index in [1.807, 2.05) is 86.5 Å². The minimum Gasteiger partial charge on any atom is -0.336 e. The van der Waals surface area contributed by atoms with Crippen LogP contribution in [0.4, 0.5) is 0 Å². The number of para-hydroxylation sites is 2. The van der Waals surface area contributed by atoms with Gasteiger partial charge in [0.05, 0.1) is 45.5 Å². The van der Waals surface area contributed by atoms with Crippen molar-refractivity contribution >= 4 is 87.3 Å². The Balaban J connectivity index is 1.23. The molecule has 0 bridgehead atoms. The maximum Gasteiger partial charge on any atom is 0.254 e. The molecule has 222 valence electrons. The number of aromatic nitrogens is 2. The fourth-order valence-electron chi connectivity index (χ4n) is 5.69. The number of carbonyl (C=O) groups is 2. The molecule has 2 atom stereocenters. The zero-order valence-electron chi connectivity index (χ0n) is 24.6. The van der Waals surface area contributed by atoms with Crippen LogP contribution in [0.25, 0.3) is 43.6 Å². The van der Waals surface area contributed by atoms with E-state index in [2.05, 4.69) is 54.6 Å². The van der Waals surface area contributed by atoms with Gasteiger partial charge < -0.3 is 10.6 Å². The molecule has 6 aromatic rings. The number of nitrogens with zero attached hydrogens (tertiary/aromatic N) is 3. The lowest BCUT2D eigenvalue weighted by Crippen LogP contribution is -2.55. The number of nitrogens with one attached hydrogen (secondary N) is 2. The third-order valence-corrected chi connectivity index (χ3v) is 9.03. The minimum absolute atomic E-state index is 0.212. The standard InChI is InChI=1S/C35H31Br2N5O2/c1-4-30(40-34(43)26-10-6-8-20-16-22-18-24(36)12-14-28(22)38-32(20)26)42(3)31(5-2)41-35(44)27-11-7-9-21-17-23-19-25(37)13-15-29(23)39-33(21)27/h6-19,30-31H,4-5H2,1-3H3,(H,40,43)(H,41,44). The van der Waals surface area contributed by atoms with Gasteiger partial charge in [-0.2, -0.15) is 0 Å². The Labute approximate surface area is 272 Å². The van der Waals surface area contributed by atoms with Gasteiger partial charge in [-0.3, -0.25) is 14.5 Å². The van der Waals surface area contributed by atoms with Crippen molar-refractivity contribution in [2.75, 3.05) is 7.05 Å². The Kier molecular flexibility index (Phi) is 8.62. The first kappa shape index (κ1) is 30.1. The predicted molar refractivity (Wildman–Crippen MR) is 185 cm³/mol. The van der Waals surface area contributed by atoms with E-state index in [4.69, 9.17) is 9.97 Å². The van der Waals surface area contributed by atoms with Gasteiger partial charge in [0.1, 0.15) is 0 Å². The summed E-state index contributed by atoms with van der Waals surface area (Å²) < 4.78 is 1.95. The molecular formula is C35H31Br2N5O2. The van der Waals surface area contributed by atoms with Crippen molar-refractivity contribution in [1.29, 1.82) is 0 Å². The first-order chi connectivity index (χ1) is 21.2. The van der Waals surface area contributed by atoms with Crippen LogP contribution in [0.5, 0.6) is 0 Å². The summed E-state index contributed by atoms with van der Waals surface area (Å²) in [5, 5.41) is 10.2. The number of carbonyl (C=O) groups excluding carboxylic acids is 2. The molecule has 0 saturated heterocycles. The van der Waals surface area contributed by atoms with E-state index in [1.165, 1.54) is 0 Å². The number of benzene rings is 4. The van der Waals surface area contributed by atoms with Crippen LogP contribution in [0, 0.1) is 0 Å². The molecule has 2 aromatic heterocycles. The van der Waals surface area contributed by atoms with Crippen molar-refractivity contribution < 1.29 is 9.59 Å². The fourth-order valence-corrected chi connectivity index (χ4v) is 6.45. The van der Waals surface area contributed by atoms with Crippen LogP contribution in [0.2, 0.25) is 0 Å². The number of fused-ring (bicyclic) bond motifs is 4. The van der Waals surface area contributed by atoms with Gasteiger partial charge in [0, 0.05) is 30.5 Å². The molecule has 2 heterocycles. The maximum absolute atomic E-state index is 13.7. The summed E-state index contributed by atoms with van der Waals surface area (Å²) in [6, 6.07) is 27.2. The summed E-state index contributed by atoms with van der Waals surface area (Å²) in [4.78, 5) is 39.0. The number of amides is 2. The van der Waals surface area contributed by atoms with Crippen molar-refractivity contribution in [3.8, 4) is 0 Å². The second kappa shape index (κ2) is 12.6. The van der Waals surface area contributed by atoms with Gasteiger partial charge in [-0.05, 0) is 80.6 Å². The average Bonchev–Trinajstić information content (AvgIpc) is 3.03. The number of rotatable bonds is 8. The zero-order chi connectivity index (χ0) is 31.0. The number of hydrogen-bond donors (Lipinski definition) is 2. The van der Waals surface area contributed by atoms with E-state index in [-0.39, 0.29) is 24.1 Å². The van der Waals surface area contributed by atoms with Crippen LogP contribution >= 0.6 is 31.9 Å². The molecule has 2 N–H and O–H groups in total. The van der Waals surface area contributed by atoms with Crippen LogP contribution in [-0.2, 0) is 0 Å². The van der Waals surface area contributed by atoms with Crippen molar-refractivity contribution in [2.45, 2.75) is 39.0 Å². The Morgan fingerprint density at radius 3 is 1.50 bits per heavy atom. The van der Waals surface area contributed by atoms with Crippen LogP contribution in [-0.4, -0.2) is 46.1 Å². The lowest BCUT2D eigenvalue weighted by molar-refractivity contribution is 0.0701. The molecule has 0 aliphatic rings. The number of pyridine rings is 2. The molecule has 0 aliphatic carbocycles. The molecule has 2 amide bonds. The predicted octanol–water partition coefficient (Wildman–Crippen LogP) is 8.18. The van der Waals surface area contributed by atoms with Gasteiger partial charge in [0.25, 0.3) is 11.8 Å². The molecule has 9 heteroatoms. The van der Waals surface area contributed by atoms with Crippen molar-refractivity contribution in [3.63, 3.8) is 0 Å². The van der Waals surface area contributed by atoms with Crippen molar-refractivity contribution in [2.24, 2.45) is 0 Å². The Morgan fingerprint density at radius 1 is 0.659 bits per heavy atom. The molecule has 7 nitrogen and oxygen atoms in total. The van der Waals surface area contributed by atoms with Gasteiger partial charge in [0.2, 0.25) is 0 Å². The Hall–Kier alpha value is -3.92. The van der Waals surface area contributed by atoms with E-state index < -0.39 is 0 Å². The van der Waals surface area contributed by atoms with E-state index in [0.717, 1.165) is 41.5 Å². The highest BCUT2D eigenvalue weighted by Crippen LogP contribution is 2.27. The van der Waals surface area contributed by atoms with E-state index in [0.29, 0.717) is 35.0 Å². The van der Waals surface area contributed by atoms with Gasteiger partial charge in [-0.15, -0.1) is 0 Å². The third kappa shape index (κ3) is 5.92. The summed E-state index contributed by atoms with van der Waals surface area (Å²) in [6.45, 7) is 4.03. The van der Waals surface area contributed by atoms with Gasteiger partial charge >= 0.3 is 0 Å². The smallest absolute Gasteiger partial charge is 0.254 e. The molecular weight excluding hydrogens is 682 g/mol. The molecule has 44 heavy (non-hydrogen) atoms.